The number of allylic oxidation sites excluding steroid dienone is 1. The topological polar surface area (TPSA) is 68.5 Å². The van der Waals surface area contributed by atoms with Crippen LogP contribution in [0.5, 0.6) is 11.5 Å². The number of rotatable bonds is 8. The summed E-state index contributed by atoms with van der Waals surface area (Å²) in [4.78, 5) is 12.6. The third-order valence-electron chi connectivity index (χ3n) is 3.46. The first kappa shape index (κ1) is 18.2. The van der Waals surface area contributed by atoms with Crippen molar-refractivity contribution < 1.29 is 19.0 Å². The van der Waals surface area contributed by atoms with Crippen molar-refractivity contribution in [3.8, 4) is 17.6 Å². The SMILES string of the molecule is COCCOc1ccc(/C=C(\C#N)C(=O)c2ccccc2OC)cc1. The Labute approximate surface area is 147 Å². The molecule has 2 rings (SSSR count). The minimum atomic E-state index is -0.375. The number of Topliss-reactive ketones (excluding diaryl/α,β-unsaturated/α-hetero) is 1. The van der Waals surface area contributed by atoms with Crippen LogP contribution in [0.2, 0.25) is 0 Å². The van der Waals surface area contributed by atoms with Gasteiger partial charge in [-0.3, -0.25) is 4.79 Å². The fraction of sp³-hybridized carbons (Fsp3) is 0.200. The molecule has 5 nitrogen and oxygen atoms in total. The van der Waals surface area contributed by atoms with Gasteiger partial charge in [-0.25, -0.2) is 0 Å². The molecule has 0 aromatic heterocycles. The van der Waals surface area contributed by atoms with E-state index in [1.807, 2.05) is 6.07 Å². The lowest BCUT2D eigenvalue weighted by molar-refractivity contribution is 0.103. The molecule has 128 valence electrons. The van der Waals surface area contributed by atoms with E-state index in [0.717, 1.165) is 5.56 Å². The number of nitriles is 1. The van der Waals surface area contributed by atoms with E-state index in [-0.39, 0.29) is 11.4 Å². The van der Waals surface area contributed by atoms with Crippen LogP contribution in [0.4, 0.5) is 0 Å². The number of ether oxygens (including phenoxy) is 3. The first-order valence-corrected chi connectivity index (χ1v) is 7.71. The molecule has 0 N–H and O–H groups in total. The average molecular weight is 337 g/mol. The van der Waals surface area contributed by atoms with Crippen molar-refractivity contribution in [2.45, 2.75) is 0 Å². The number of carbonyl (C=O) groups is 1. The number of nitrogens with zero attached hydrogens (tertiary/aromatic N) is 1. The van der Waals surface area contributed by atoms with Crippen LogP contribution < -0.4 is 9.47 Å². The molecule has 25 heavy (non-hydrogen) atoms. The van der Waals surface area contributed by atoms with Crippen molar-refractivity contribution in [1.29, 1.82) is 5.26 Å². The summed E-state index contributed by atoms with van der Waals surface area (Å²) in [6.07, 6.45) is 1.55. The van der Waals surface area contributed by atoms with Gasteiger partial charge in [0, 0.05) is 7.11 Å². The predicted octanol–water partition coefficient (Wildman–Crippen LogP) is 3.51. The molecule has 2 aromatic carbocycles. The monoisotopic (exact) mass is 337 g/mol. The first-order valence-electron chi connectivity index (χ1n) is 7.71. The second-order valence-corrected chi connectivity index (χ2v) is 5.11. The van der Waals surface area contributed by atoms with Gasteiger partial charge in [-0.15, -0.1) is 0 Å². The summed E-state index contributed by atoms with van der Waals surface area (Å²) in [5, 5.41) is 9.36. The van der Waals surface area contributed by atoms with Crippen LogP contribution in [-0.2, 0) is 4.74 Å². The van der Waals surface area contributed by atoms with E-state index in [1.54, 1.807) is 61.7 Å². The summed E-state index contributed by atoms with van der Waals surface area (Å²) in [6, 6.07) is 15.9. The fourth-order valence-corrected chi connectivity index (χ4v) is 2.20. The zero-order valence-corrected chi connectivity index (χ0v) is 14.2. The van der Waals surface area contributed by atoms with Gasteiger partial charge in [0.1, 0.15) is 29.7 Å². The number of carbonyl (C=O) groups excluding carboxylic acids is 1. The number of para-hydroxylation sites is 1. The van der Waals surface area contributed by atoms with Gasteiger partial charge >= 0.3 is 0 Å². The molecule has 0 aliphatic rings. The fourth-order valence-electron chi connectivity index (χ4n) is 2.20. The highest BCUT2D eigenvalue weighted by molar-refractivity contribution is 6.15. The molecular formula is C20H19NO4. The molecule has 0 heterocycles. The van der Waals surface area contributed by atoms with Gasteiger partial charge < -0.3 is 14.2 Å². The third kappa shape index (κ3) is 4.93. The van der Waals surface area contributed by atoms with Gasteiger partial charge in [0.25, 0.3) is 0 Å². The van der Waals surface area contributed by atoms with Crippen LogP contribution in [0.1, 0.15) is 15.9 Å². The Balaban J connectivity index is 2.19. The normalized spacial score (nSPS) is 10.8. The maximum absolute atomic E-state index is 12.6. The number of methoxy groups -OCH3 is 2. The molecule has 0 saturated carbocycles. The zero-order valence-electron chi connectivity index (χ0n) is 14.2. The predicted molar refractivity (Wildman–Crippen MR) is 94.7 cm³/mol. The molecule has 0 bridgehead atoms. The molecule has 0 spiro atoms. The molecule has 0 aliphatic carbocycles. The number of ketones is 1. The van der Waals surface area contributed by atoms with Crippen LogP contribution in [0.3, 0.4) is 0 Å². The van der Waals surface area contributed by atoms with Crippen LogP contribution in [0.25, 0.3) is 6.08 Å². The summed E-state index contributed by atoms with van der Waals surface area (Å²) < 4.78 is 15.6. The summed E-state index contributed by atoms with van der Waals surface area (Å²) >= 11 is 0. The minimum Gasteiger partial charge on any atom is -0.496 e. The van der Waals surface area contributed by atoms with Gasteiger partial charge in [-0.2, -0.15) is 5.26 Å². The van der Waals surface area contributed by atoms with E-state index in [2.05, 4.69) is 0 Å². The van der Waals surface area contributed by atoms with Crippen molar-refractivity contribution in [3.63, 3.8) is 0 Å². The van der Waals surface area contributed by atoms with Crippen LogP contribution in [-0.4, -0.2) is 33.2 Å². The Kier molecular flexibility index (Phi) is 6.76. The van der Waals surface area contributed by atoms with E-state index < -0.39 is 0 Å². The summed E-state index contributed by atoms with van der Waals surface area (Å²) in [5.41, 5.74) is 1.13. The molecule has 0 fully saturated rings. The van der Waals surface area contributed by atoms with Gasteiger partial charge in [-0.1, -0.05) is 24.3 Å². The first-order chi connectivity index (χ1) is 12.2. The highest BCUT2D eigenvalue weighted by Crippen LogP contribution is 2.22. The van der Waals surface area contributed by atoms with Gasteiger partial charge in [0.05, 0.1) is 19.3 Å². The molecule has 0 atom stereocenters. The van der Waals surface area contributed by atoms with E-state index >= 15 is 0 Å². The van der Waals surface area contributed by atoms with E-state index in [1.165, 1.54) is 7.11 Å². The summed E-state index contributed by atoms with van der Waals surface area (Å²) in [7, 11) is 3.10. The number of benzene rings is 2. The minimum absolute atomic E-state index is 0.0394. The zero-order chi connectivity index (χ0) is 18.1. The lowest BCUT2D eigenvalue weighted by atomic mass is 10.0. The molecule has 0 amide bonds. The lowest BCUT2D eigenvalue weighted by Gasteiger charge is -2.07. The van der Waals surface area contributed by atoms with Gasteiger partial charge in [0.15, 0.2) is 0 Å². The highest BCUT2D eigenvalue weighted by atomic mass is 16.5. The molecule has 0 saturated heterocycles. The molecule has 5 heteroatoms. The van der Waals surface area contributed by atoms with Gasteiger partial charge in [-0.05, 0) is 35.9 Å². The Hall–Kier alpha value is -3.10. The van der Waals surface area contributed by atoms with E-state index in [9.17, 15) is 10.1 Å². The van der Waals surface area contributed by atoms with Crippen molar-refractivity contribution in [2.75, 3.05) is 27.4 Å². The maximum Gasteiger partial charge on any atom is 0.207 e. The molecular weight excluding hydrogens is 318 g/mol. The lowest BCUT2D eigenvalue weighted by Crippen LogP contribution is -2.05. The Bertz CT molecular complexity index is 788. The summed E-state index contributed by atoms with van der Waals surface area (Å²) in [6.45, 7) is 0.967. The van der Waals surface area contributed by atoms with Crippen molar-refractivity contribution >= 4 is 11.9 Å². The largest absolute Gasteiger partial charge is 0.496 e. The highest BCUT2D eigenvalue weighted by Gasteiger charge is 2.16. The summed E-state index contributed by atoms with van der Waals surface area (Å²) in [5.74, 6) is 0.764. The molecule has 2 aromatic rings. The van der Waals surface area contributed by atoms with E-state index in [4.69, 9.17) is 14.2 Å². The Morgan fingerprint density at radius 2 is 1.80 bits per heavy atom. The van der Waals surface area contributed by atoms with E-state index in [0.29, 0.717) is 30.3 Å². The molecule has 0 unspecified atom stereocenters. The Morgan fingerprint density at radius 3 is 2.44 bits per heavy atom. The second kappa shape index (κ2) is 9.26. The molecule has 0 aliphatic heterocycles. The molecule has 0 radical (unpaired) electrons. The average Bonchev–Trinajstić information content (AvgIpc) is 2.67. The maximum atomic E-state index is 12.6. The van der Waals surface area contributed by atoms with Crippen LogP contribution in [0, 0.1) is 11.3 Å². The van der Waals surface area contributed by atoms with Crippen LogP contribution >= 0.6 is 0 Å². The third-order valence-corrected chi connectivity index (χ3v) is 3.46. The smallest absolute Gasteiger partial charge is 0.207 e. The van der Waals surface area contributed by atoms with Gasteiger partial charge in [0.2, 0.25) is 5.78 Å². The quantitative estimate of drug-likeness (QED) is 0.319. The van der Waals surface area contributed by atoms with Crippen molar-refractivity contribution in [3.05, 3.63) is 65.2 Å². The number of hydrogen-bond donors (Lipinski definition) is 0. The second-order valence-electron chi connectivity index (χ2n) is 5.11. The van der Waals surface area contributed by atoms with Crippen LogP contribution in [0.15, 0.2) is 54.1 Å². The van der Waals surface area contributed by atoms with Crippen molar-refractivity contribution in [1.82, 2.24) is 0 Å². The van der Waals surface area contributed by atoms with Crippen molar-refractivity contribution in [2.24, 2.45) is 0 Å². The number of hydrogen-bond acceptors (Lipinski definition) is 5. The Morgan fingerprint density at radius 1 is 1.08 bits per heavy atom. The standard InChI is InChI=1S/C20H19NO4/c1-23-11-12-25-17-9-7-15(8-10-17)13-16(14-21)20(22)18-5-3-4-6-19(18)24-2/h3-10,13H,11-12H2,1-2H3/b16-13+.